The van der Waals surface area contributed by atoms with E-state index >= 15 is 0 Å². The van der Waals surface area contributed by atoms with Gasteiger partial charge in [0.2, 0.25) is 5.91 Å². The van der Waals surface area contributed by atoms with Gasteiger partial charge < -0.3 is 14.6 Å². The molecule has 1 atom stereocenters. The van der Waals surface area contributed by atoms with Gasteiger partial charge in [0.15, 0.2) is 5.76 Å². The second kappa shape index (κ2) is 7.59. The summed E-state index contributed by atoms with van der Waals surface area (Å²) >= 11 is 0. The molecule has 1 aliphatic rings. The fourth-order valence-electron chi connectivity index (χ4n) is 4.10. The van der Waals surface area contributed by atoms with Gasteiger partial charge in [-0.3, -0.25) is 9.59 Å². The summed E-state index contributed by atoms with van der Waals surface area (Å²) in [6.45, 7) is 6.38. The molecular weight excluding hydrogens is 364 g/mol. The first kappa shape index (κ1) is 19.0. The number of nitrogens with zero attached hydrogens (tertiary/aromatic N) is 1. The number of fused-ring (bicyclic) bond motifs is 1. The molecule has 148 valence electrons. The summed E-state index contributed by atoms with van der Waals surface area (Å²) in [4.78, 5) is 28.0. The highest BCUT2D eigenvalue weighted by Gasteiger charge is 2.36. The number of rotatable bonds is 3. The van der Waals surface area contributed by atoms with Crippen molar-refractivity contribution in [2.75, 3.05) is 5.32 Å². The highest BCUT2D eigenvalue weighted by atomic mass is 16.3. The summed E-state index contributed by atoms with van der Waals surface area (Å²) in [5, 5.41) is 3.07. The Balaban J connectivity index is 1.67. The van der Waals surface area contributed by atoms with Gasteiger partial charge in [0, 0.05) is 18.7 Å². The van der Waals surface area contributed by atoms with Gasteiger partial charge in [-0.2, -0.15) is 0 Å². The molecule has 1 N–H and O–H groups in total. The first-order chi connectivity index (χ1) is 13.9. The molecule has 0 radical (unpaired) electrons. The molecule has 29 heavy (non-hydrogen) atoms. The molecule has 0 spiro atoms. The molecule has 1 aromatic heterocycles. The van der Waals surface area contributed by atoms with Crippen molar-refractivity contribution in [1.29, 1.82) is 0 Å². The highest BCUT2D eigenvalue weighted by Crippen LogP contribution is 2.28. The van der Waals surface area contributed by atoms with E-state index in [4.69, 9.17) is 4.42 Å². The number of benzene rings is 2. The smallest absolute Gasteiger partial charge is 0.290 e. The highest BCUT2D eigenvalue weighted by molar-refractivity contribution is 6.01. The second-order valence-corrected chi connectivity index (χ2v) is 7.66. The summed E-state index contributed by atoms with van der Waals surface area (Å²) in [5.41, 5.74) is 6.13. The van der Waals surface area contributed by atoms with Gasteiger partial charge in [0.25, 0.3) is 5.91 Å². The summed E-state index contributed by atoms with van der Waals surface area (Å²) in [6, 6.07) is 14.7. The summed E-state index contributed by atoms with van der Waals surface area (Å²) < 4.78 is 5.31. The Kier molecular flexibility index (Phi) is 4.97. The Labute approximate surface area is 170 Å². The van der Waals surface area contributed by atoms with E-state index < -0.39 is 6.04 Å². The third-order valence-corrected chi connectivity index (χ3v) is 5.47. The molecule has 5 nitrogen and oxygen atoms in total. The van der Waals surface area contributed by atoms with Crippen molar-refractivity contribution in [3.63, 3.8) is 0 Å². The van der Waals surface area contributed by atoms with E-state index in [9.17, 15) is 9.59 Å². The fraction of sp³-hybridized carbons (Fsp3) is 0.250. The zero-order valence-electron chi connectivity index (χ0n) is 16.9. The van der Waals surface area contributed by atoms with Crippen LogP contribution in [0, 0.1) is 20.8 Å². The summed E-state index contributed by atoms with van der Waals surface area (Å²) in [5.74, 6) is -0.221. The summed E-state index contributed by atoms with van der Waals surface area (Å²) in [6.07, 6.45) is 1.94. The first-order valence-corrected chi connectivity index (χ1v) is 9.74. The lowest BCUT2D eigenvalue weighted by molar-refractivity contribution is -0.121. The van der Waals surface area contributed by atoms with Crippen molar-refractivity contribution < 1.29 is 14.0 Å². The molecule has 0 aliphatic carbocycles. The van der Waals surface area contributed by atoms with Crippen LogP contribution in [-0.2, 0) is 17.8 Å². The average molecular weight is 388 g/mol. The minimum atomic E-state index is -0.609. The first-order valence-electron chi connectivity index (χ1n) is 9.74. The van der Waals surface area contributed by atoms with Crippen molar-refractivity contribution in [2.45, 2.75) is 39.8 Å². The van der Waals surface area contributed by atoms with Crippen LogP contribution in [0.4, 0.5) is 5.69 Å². The normalized spacial score (nSPS) is 15.7. The van der Waals surface area contributed by atoms with Crippen molar-refractivity contribution in [2.24, 2.45) is 0 Å². The number of carbonyl (C=O) groups excluding carboxylic acids is 2. The van der Waals surface area contributed by atoms with E-state index in [0.717, 1.165) is 33.5 Å². The van der Waals surface area contributed by atoms with Gasteiger partial charge in [0.05, 0.1) is 6.26 Å². The zero-order valence-corrected chi connectivity index (χ0v) is 16.9. The van der Waals surface area contributed by atoms with Crippen LogP contribution in [0.3, 0.4) is 0 Å². The Hall–Kier alpha value is -3.34. The molecule has 5 heteroatoms. The van der Waals surface area contributed by atoms with E-state index in [-0.39, 0.29) is 17.6 Å². The lowest BCUT2D eigenvalue weighted by Gasteiger charge is -2.35. The van der Waals surface area contributed by atoms with Gasteiger partial charge in [-0.15, -0.1) is 0 Å². The lowest BCUT2D eigenvalue weighted by atomic mass is 9.93. The molecule has 0 bridgehead atoms. The van der Waals surface area contributed by atoms with E-state index in [1.165, 1.54) is 6.26 Å². The van der Waals surface area contributed by atoms with Crippen LogP contribution in [0.5, 0.6) is 0 Å². The molecule has 2 heterocycles. The monoisotopic (exact) mass is 388 g/mol. The van der Waals surface area contributed by atoms with Crippen LogP contribution in [0.25, 0.3) is 0 Å². The van der Waals surface area contributed by atoms with Crippen molar-refractivity contribution in [1.82, 2.24) is 4.90 Å². The zero-order chi connectivity index (χ0) is 20.5. The number of amides is 2. The summed E-state index contributed by atoms with van der Waals surface area (Å²) in [7, 11) is 0. The maximum absolute atomic E-state index is 13.3. The SMILES string of the molecule is Cc1cc(C)c(NC(=O)C2Cc3ccccc3CN2C(=O)c2ccco2)c(C)c1. The standard InChI is InChI=1S/C24H24N2O3/c1-15-11-16(2)22(17(3)12-15)25-23(27)20-13-18-7-4-5-8-19(18)14-26(20)24(28)21-9-6-10-29-21/h4-12,20H,13-14H2,1-3H3,(H,25,27). The largest absolute Gasteiger partial charge is 0.459 e. The minimum Gasteiger partial charge on any atom is -0.459 e. The van der Waals surface area contributed by atoms with E-state index in [2.05, 4.69) is 5.32 Å². The van der Waals surface area contributed by atoms with Crippen molar-refractivity contribution in [3.05, 3.63) is 88.4 Å². The van der Waals surface area contributed by atoms with Crippen LogP contribution in [0.2, 0.25) is 0 Å². The molecule has 3 aromatic rings. The number of hydrogen-bond acceptors (Lipinski definition) is 3. The molecule has 0 saturated heterocycles. The topological polar surface area (TPSA) is 62.6 Å². The number of hydrogen-bond donors (Lipinski definition) is 1. The number of carbonyl (C=O) groups is 2. The van der Waals surface area contributed by atoms with Gasteiger partial charge in [-0.1, -0.05) is 42.0 Å². The number of anilines is 1. The van der Waals surface area contributed by atoms with E-state index in [1.807, 2.05) is 57.2 Å². The Morgan fingerprint density at radius 1 is 1.00 bits per heavy atom. The van der Waals surface area contributed by atoms with E-state index in [1.54, 1.807) is 17.0 Å². The molecule has 1 aliphatic heterocycles. The van der Waals surface area contributed by atoms with E-state index in [0.29, 0.717) is 13.0 Å². The van der Waals surface area contributed by atoms with Crippen LogP contribution in [0.1, 0.15) is 38.4 Å². The predicted octanol–water partition coefficient (Wildman–Crippen LogP) is 4.41. The van der Waals surface area contributed by atoms with Crippen molar-refractivity contribution >= 4 is 17.5 Å². The Morgan fingerprint density at radius 3 is 2.34 bits per heavy atom. The Bertz CT molecular complexity index is 1050. The number of nitrogens with one attached hydrogen (secondary N) is 1. The third-order valence-electron chi connectivity index (χ3n) is 5.47. The quantitative estimate of drug-likeness (QED) is 0.723. The second-order valence-electron chi connectivity index (χ2n) is 7.66. The maximum Gasteiger partial charge on any atom is 0.290 e. The predicted molar refractivity (Wildman–Crippen MR) is 112 cm³/mol. The number of furan rings is 1. The molecule has 1 unspecified atom stereocenters. The van der Waals surface area contributed by atoms with Crippen LogP contribution in [0.15, 0.2) is 59.2 Å². The minimum absolute atomic E-state index is 0.186. The molecule has 4 rings (SSSR count). The molecule has 2 aromatic carbocycles. The molecule has 0 saturated carbocycles. The lowest BCUT2D eigenvalue weighted by Crippen LogP contribution is -2.50. The van der Waals surface area contributed by atoms with Crippen LogP contribution in [-0.4, -0.2) is 22.8 Å². The Morgan fingerprint density at radius 2 is 1.69 bits per heavy atom. The number of aryl methyl sites for hydroxylation is 3. The van der Waals surface area contributed by atoms with Gasteiger partial charge >= 0.3 is 0 Å². The average Bonchev–Trinajstić information content (AvgIpc) is 3.23. The molecule has 0 fully saturated rings. The van der Waals surface area contributed by atoms with Gasteiger partial charge in [0.1, 0.15) is 6.04 Å². The van der Waals surface area contributed by atoms with Gasteiger partial charge in [-0.05, 0) is 55.2 Å². The van der Waals surface area contributed by atoms with Gasteiger partial charge in [-0.25, -0.2) is 0 Å². The van der Waals surface area contributed by atoms with Crippen molar-refractivity contribution in [3.8, 4) is 0 Å². The fourth-order valence-corrected chi connectivity index (χ4v) is 4.10. The molecule has 2 amide bonds. The van der Waals surface area contributed by atoms with Crippen LogP contribution < -0.4 is 5.32 Å². The maximum atomic E-state index is 13.3. The molecular formula is C24H24N2O3. The van der Waals surface area contributed by atoms with Crippen LogP contribution >= 0.6 is 0 Å². The third kappa shape index (κ3) is 3.68.